The van der Waals surface area contributed by atoms with Gasteiger partial charge in [0.15, 0.2) is 0 Å². The van der Waals surface area contributed by atoms with Crippen LogP contribution in [0.1, 0.15) is 19.8 Å². The van der Waals surface area contributed by atoms with Gasteiger partial charge in [-0.15, -0.1) is 0 Å². The number of nitrogens with two attached hydrogens (primary N) is 1. The standard InChI is InChI=1S/C19H23N3O2/c1-13(22-10-4-7-16(12-22)18(20)23)19(24)21-17-9-8-14-5-2-3-6-15(14)11-17/h2-3,5-6,8-9,11,13,16H,4,7,10,12H2,1H3,(H2,20,23)(H,21,24)/t13-,16-/m0/s1. The molecule has 0 spiro atoms. The lowest BCUT2D eigenvalue weighted by molar-refractivity contribution is -0.127. The Morgan fingerprint density at radius 1 is 1.21 bits per heavy atom. The van der Waals surface area contributed by atoms with Gasteiger partial charge in [-0.05, 0) is 49.2 Å². The molecule has 2 amide bonds. The average Bonchev–Trinajstić information content (AvgIpc) is 2.61. The maximum Gasteiger partial charge on any atom is 0.241 e. The second kappa shape index (κ2) is 7.01. The van der Waals surface area contributed by atoms with Gasteiger partial charge in [0.1, 0.15) is 0 Å². The van der Waals surface area contributed by atoms with Crippen molar-refractivity contribution in [1.82, 2.24) is 4.90 Å². The van der Waals surface area contributed by atoms with Crippen molar-refractivity contribution in [1.29, 1.82) is 0 Å². The van der Waals surface area contributed by atoms with Crippen LogP contribution in [0.25, 0.3) is 10.8 Å². The highest BCUT2D eigenvalue weighted by Gasteiger charge is 2.29. The summed E-state index contributed by atoms with van der Waals surface area (Å²) in [6.45, 7) is 3.25. The Balaban J connectivity index is 1.67. The molecule has 0 bridgehead atoms. The zero-order chi connectivity index (χ0) is 17.1. The summed E-state index contributed by atoms with van der Waals surface area (Å²) in [5.74, 6) is -0.494. The zero-order valence-corrected chi connectivity index (χ0v) is 13.9. The number of fused-ring (bicyclic) bond motifs is 1. The molecule has 1 aliphatic rings. The summed E-state index contributed by atoms with van der Waals surface area (Å²) in [7, 11) is 0. The minimum atomic E-state index is -0.293. The second-order valence-electron chi connectivity index (χ2n) is 6.46. The summed E-state index contributed by atoms with van der Waals surface area (Å²) in [5, 5.41) is 5.21. The van der Waals surface area contributed by atoms with Crippen molar-refractivity contribution in [3.05, 3.63) is 42.5 Å². The normalized spacial score (nSPS) is 19.8. The first-order valence-corrected chi connectivity index (χ1v) is 8.37. The monoisotopic (exact) mass is 325 g/mol. The quantitative estimate of drug-likeness (QED) is 0.906. The van der Waals surface area contributed by atoms with E-state index in [4.69, 9.17) is 5.73 Å². The molecule has 1 aliphatic heterocycles. The second-order valence-corrected chi connectivity index (χ2v) is 6.46. The predicted octanol–water partition coefficient (Wildman–Crippen LogP) is 2.36. The Morgan fingerprint density at radius 2 is 1.96 bits per heavy atom. The Morgan fingerprint density at radius 3 is 2.71 bits per heavy atom. The van der Waals surface area contributed by atoms with E-state index in [1.54, 1.807) is 0 Å². The van der Waals surface area contributed by atoms with E-state index in [9.17, 15) is 9.59 Å². The molecule has 24 heavy (non-hydrogen) atoms. The molecule has 1 heterocycles. The van der Waals surface area contributed by atoms with Crippen LogP contribution in [0.3, 0.4) is 0 Å². The first-order chi connectivity index (χ1) is 11.5. The van der Waals surface area contributed by atoms with Gasteiger partial charge in [-0.25, -0.2) is 0 Å². The van der Waals surface area contributed by atoms with Gasteiger partial charge in [-0.3, -0.25) is 14.5 Å². The Bertz CT molecular complexity index is 759. The van der Waals surface area contributed by atoms with Crippen LogP contribution in [0, 0.1) is 5.92 Å². The summed E-state index contributed by atoms with van der Waals surface area (Å²) in [6, 6.07) is 13.6. The number of hydrogen-bond acceptors (Lipinski definition) is 3. The van der Waals surface area contributed by atoms with Gasteiger partial charge < -0.3 is 11.1 Å². The molecule has 2 atom stereocenters. The van der Waals surface area contributed by atoms with Crippen molar-refractivity contribution in [2.75, 3.05) is 18.4 Å². The van der Waals surface area contributed by atoms with Crippen molar-refractivity contribution in [3.8, 4) is 0 Å². The van der Waals surface area contributed by atoms with Gasteiger partial charge >= 0.3 is 0 Å². The summed E-state index contributed by atoms with van der Waals surface area (Å²) in [5.41, 5.74) is 6.20. The third kappa shape index (κ3) is 3.57. The number of hydrogen-bond donors (Lipinski definition) is 2. The number of benzene rings is 2. The van der Waals surface area contributed by atoms with Crippen LogP contribution in [-0.4, -0.2) is 35.8 Å². The average molecular weight is 325 g/mol. The molecule has 0 saturated carbocycles. The Kier molecular flexibility index (Phi) is 4.81. The number of piperidine rings is 1. The van der Waals surface area contributed by atoms with E-state index in [1.807, 2.05) is 54.3 Å². The molecule has 1 saturated heterocycles. The molecular weight excluding hydrogens is 302 g/mol. The number of carbonyl (C=O) groups is 2. The van der Waals surface area contributed by atoms with Gasteiger partial charge in [0.2, 0.25) is 11.8 Å². The van der Waals surface area contributed by atoms with Gasteiger partial charge in [0, 0.05) is 12.2 Å². The first-order valence-electron chi connectivity index (χ1n) is 8.37. The minimum Gasteiger partial charge on any atom is -0.369 e. The fourth-order valence-corrected chi connectivity index (χ4v) is 3.27. The lowest BCUT2D eigenvalue weighted by atomic mass is 9.96. The number of nitrogens with one attached hydrogen (secondary N) is 1. The van der Waals surface area contributed by atoms with Gasteiger partial charge in [0.25, 0.3) is 0 Å². The van der Waals surface area contributed by atoms with Gasteiger partial charge in [-0.2, -0.15) is 0 Å². The Labute approximate surface area is 141 Å². The molecule has 0 radical (unpaired) electrons. The molecule has 1 fully saturated rings. The highest BCUT2D eigenvalue weighted by atomic mass is 16.2. The number of nitrogens with zero attached hydrogens (tertiary/aromatic N) is 1. The van der Waals surface area contributed by atoms with Crippen LogP contribution in [0.5, 0.6) is 0 Å². The van der Waals surface area contributed by atoms with E-state index in [2.05, 4.69) is 5.32 Å². The number of anilines is 1. The van der Waals surface area contributed by atoms with Crippen molar-refractivity contribution in [3.63, 3.8) is 0 Å². The van der Waals surface area contributed by atoms with Crippen LogP contribution < -0.4 is 11.1 Å². The summed E-state index contributed by atoms with van der Waals surface area (Å²) >= 11 is 0. The fraction of sp³-hybridized carbons (Fsp3) is 0.368. The van der Waals surface area contributed by atoms with Gasteiger partial charge in [-0.1, -0.05) is 30.3 Å². The topological polar surface area (TPSA) is 75.4 Å². The summed E-state index contributed by atoms with van der Waals surface area (Å²) < 4.78 is 0. The number of carbonyl (C=O) groups excluding carboxylic acids is 2. The smallest absolute Gasteiger partial charge is 0.241 e. The largest absolute Gasteiger partial charge is 0.369 e. The molecule has 2 aromatic rings. The van der Waals surface area contributed by atoms with Crippen molar-refractivity contribution < 1.29 is 9.59 Å². The third-order valence-corrected chi connectivity index (χ3v) is 4.80. The first kappa shape index (κ1) is 16.5. The van der Waals surface area contributed by atoms with E-state index >= 15 is 0 Å². The molecule has 0 aliphatic carbocycles. The molecule has 2 aromatic carbocycles. The highest BCUT2D eigenvalue weighted by Crippen LogP contribution is 2.21. The SMILES string of the molecule is C[C@@H](C(=O)Nc1ccc2ccccc2c1)N1CCC[C@H](C(N)=O)C1. The minimum absolute atomic E-state index is 0.0598. The van der Waals surface area contributed by atoms with E-state index < -0.39 is 0 Å². The fourth-order valence-electron chi connectivity index (χ4n) is 3.27. The molecule has 5 heteroatoms. The van der Waals surface area contributed by atoms with Crippen LogP contribution >= 0.6 is 0 Å². The molecule has 3 rings (SSSR count). The molecule has 0 aromatic heterocycles. The maximum atomic E-state index is 12.6. The van der Waals surface area contributed by atoms with E-state index in [1.165, 1.54) is 0 Å². The van der Waals surface area contributed by atoms with Crippen LogP contribution in [0.15, 0.2) is 42.5 Å². The highest BCUT2D eigenvalue weighted by molar-refractivity contribution is 5.97. The van der Waals surface area contributed by atoms with Crippen LogP contribution in [0.4, 0.5) is 5.69 Å². The van der Waals surface area contributed by atoms with E-state index in [0.717, 1.165) is 35.8 Å². The molecular formula is C19H23N3O2. The zero-order valence-electron chi connectivity index (χ0n) is 13.9. The van der Waals surface area contributed by atoms with Crippen molar-refractivity contribution in [2.45, 2.75) is 25.8 Å². The third-order valence-electron chi connectivity index (χ3n) is 4.80. The molecule has 5 nitrogen and oxygen atoms in total. The lowest BCUT2D eigenvalue weighted by Gasteiger charge is -2.34. The maximum absolute atomic E-state index is 12.6. The van der Waals surface area contributed by atoms with Crippen LogP contribution in [-0.2, 0) is 9.59 Å². The number of primary amides is 1. The van der Waals surface area contributed by atoms with Gasteiger partial charge in [0.05, 0.1) is 12.0 Å². The van der Waals surface area contributed by atoms with E-state index in [-0.39, 0.29) is 23.8 Å². The number of amides is 2. The van der Waals surface area contributed by atoms with Crippen LogP contribution in [0.2, 0.25) is 0 Å². The predicted molar refractivity (Wildman–Crippen MR) is 95.5 cm³/mol. The molecule has 3 N–H and O–H groups in total. The van der Waals surface area contributed by atoms with Crippen molar-refractivity contribution in [2.24, 2.45) is 11.7 Å². The molecule has 126 valence electrons. The number of likely N-dealkylation sites (tertiary alicyclic amines) is 1. The number of rotatable bonds is 4. The Hall–Kier alpha value is -2.40. The summed E-state index contributed by atoms with van der Waals surface area (Å²) in [4.78, 5) is 26.0. The van der Waals surface area contributed by atoms with E-state index in [0.29, 0.717) is 6.54 Å². The molecule has 0 unspecified atom stereocenters. The van der Waals surface area contributed by atoms with Crippen molar-refractivity contribution >= 4 is 28.3 Å². The lowest BCUT2D eigenvalue weighted by Crippen LogP contribution is -2.49. The summed E-state index contributed by atoms with van der Waals surface area (Å²) in [6.07, 6.45) is 1.70.